The third kappa shape index (κ3) is 3.10. The summed E-state index contributed by atoms with van der Waals surface area (Å²) in [6, 6.07) is 8.19. The first-order valence-electron chi connectivity index (χ1n) is 6.90. The van der Waals surface area contributed by atoms with Gasteiger partial charge in [-0.15, -0.1) is 12.4 Å². The topological polar surface area (TPSA) is 37.3 Å². The quantitative estimate of drug-likeness (QED) is 0.880. The number of nitrogens with one attached hydrogen (secondary N) is 1. The maximum Gasteiger partial charge on any atom is 0.242 e. The van der Waals surface area contributed by atoms with Crippen LogP contribution in [0.3, 0.4) is 0 Å². The van der Waals surface area contributed by atoms with Crippen LogP contribution in [0.15, 0.2) is 28.7 Å². The van der Waals surface area contributed by atoms with Gasteiger partial charge < -0.3 is 14.8 Å². The van der Waals surface area contributed by atoms with Gasteiger partial charge in [-0.3, -0.25) is 4.79 Å². The van der Waals surface area contributed by atoms with Crippen molar-refractivity contribution in [3.63, 3.8) is 0 Å². The Hall–Kier alpha value is -1.04. The third-order valence-corrected chi connectivity index (χ3v) is 4.92. The average Bonchev–Trinajstić information content (AvgIpc) is 2.74. The van der Waals surface area contributed by atoms with Gasteiger partial charge in [-0.05, 0) is 28.9 Å². The van der Waals surface area contributed by atoms with Gasteiger partial charge in [-0.1, -0.05) is 18.2 Å². The third-order valence-electron chi connectivity index (χ3n) is 3.92. The molecule has 1 amide bonds. The number of para-hydroxylation sites is 1. The Balaban J connectivity index is 0.00000161. The zero-order valence-corrected chi connectivity index (χ0v) is 14.3. The fourth-order valence-electron chi connectivity index (χ4n) is 2.74. The molecule has 0 aliphatic carbocycles. The molecule has 1 aliphatic heterocycles. The van der Waals surface area contributed by atoms with E-state index in [1.165, 1.54) is 0 Å². The number of fused-ring (bicyclic) bond motifs is 1. The minimum absolute atomic E-state index is 0. The van der Waals surface area contributed by atoms with E-state index in [-0.39, 0.29) is 18.3 Å². The predicted octanol–water partition coefficient (Wildman–Crippen LogP) is 2.57. The molecule has 0 saturated carbocycles. The first-order chi connectivity index (χ1) is 9.68. The van der Waals surface area contributed by atoms with E-state index in [2.05, 4.69) is 44.9 Å². The Morgan fingerprint density at radius 2 is 1.95 bits per heavy atom. The molecule has 0 atom stereocenters. The normalized spacial score (nSPS) is 15.0. The molecular formula is C15H19BrClN3O. The number of nitrogens with zero attached hydrogens (tertiary/aromatic N) is 2. The number of carbonyl (C=O) groups is 1. The van der Waals surface area contributed by atoms with E-state index < -0.39 is 0 Å². The maximum absolute atomic E-state index is 12.4. The molecule has 1 fully saturated rings. The molecule has 1 aromatic heterocycles. The van der Waals surface area contributed by atoms with Gasteiger partial charge in [0.05, 0.1) is 0 Å². The van der Waals surface area contributed by atoms with Gasteiger partial charge in [0.25, 0.3) is 0 Å². The molecule has 2 heterocycles. The van der Waals surface area contributed by atoms with E-state index in [1.54, 1.807) is 0 Å². The number of amides is 1. The molecule has 0 bridgehead atoms. The van der Waals surface area contributed by atoms with Crippen molar-refractivity contribution >= 4 is 45.1 Å². The van der Waals surface area contributed by atoms with E-state index in [4.69, 9.17) is 0 Å². The van der Waals surface area contributed by atoms with Crippen molar-refractivity contribution in [2.45, 2.75) is 13.5 Å². The lowest BCUT2D eigenvalue weighted by atomic mass is 10.2. The van der Waals surface area contributed by atoms with Crippen molar-refractivity contribution < 1.29 is 4.79 Å². The largest absolute Gasteiger partial charge is 0.339 e. The van der Waals surface area contributed by atoms with Crippen molar-refractivity contribution in [1.29, 1.82) is 0 Å². The van der Waals surface area contributed by atoms with E-state index in [0.29, 0.717) is 6.54 Å². The van der Waals surface area contributed by atoms with Crippen molar-refractivity contribution in [2.24, 2.45) is 0 Å². The SMILES string of the molecule is Cc1c(Br)c2ccccc2n1CC(=O)N1CCNCC1.Cl. The van der Waals surface area contributed by atoms with Crippen molar-refractivity contribution in [3.05, 3.63) is 34.4 Å². The number of rotatable bonds is 2. The number of halogens is 2. The summed E-state index contributed by atoms with van der Waals surface area (Å²) < 4.78 is 3.19. The van der Waals surface area contributed by atoms with Crippen molar-refractivity contribution in [1.82, 2.24) is 14.8 Å². The fraction of sp³-hybridized carbons (Fsp3) is 0.400. The molecule has 114 valence electrons. The lowest BCUT2D eigenvalue weighted by Crippen LogP contribution is -2.47. The second-order valence-electron chi connectivity index (χ2n) is 5.13. The molecule has 1 aliphatic rings. The van der Waals surface area contributed by atoms with Gasteiger partial charge in [-0.25, -0.2) is 0 Å². The second-order valence-corrected chi connectivity index (χ2v) is 5.93. The number of hydrogen-bond donors (Lipinski definition) is 1. The molecular weight excluding hydrogens is 354 g/mol. The van der Waals surface area contributed by atoms with E-state index >= 15 is 0 Å². The van der Waals surface area contributed by atoms with Crippen LogP contribution in [0.4, 0.5) is 0 Å². The summed E-state index contributed by atoms with van der Waals surface area (Å²) in [6.45, 7) is 5.85. The molecule has 0 radical (unpaired) electrons. The second kappa shape index (κ2) is 6.81. The molecule has 2 aromatic rings. The highest BCUT2D eigenvalue weighted by atomic mass is 79.9. The summed E-state index contributed by atoms with van der Waals surface area (Å²) in [6.07, 6.45) is 0. The van der Waals surface area contributed by atoms with Crippen LogP contribution in [-0.4, -0.2) is 41.6 Å². The Bertz CT molecular complexity index is 650. The molecule has 21 heavy (non-hydrogen) atoms. The number of benzene rings is 1. The highest BCUT2D eigenvalue weighted by Crippen LogP contribution is 2.30. The van der Waals surface area contributed by atoms with Gasteiger partial charge in [0.2, 0.25) is 5.91 Å². The standard InChI is InChI=1S/C15H18BrN3O.ClH/c1-11-15(16)12-4-2-3-5-13(12)19(11)10-14(20)18-8-6-17-7-9-18;/h2-5,17H,6-10H2,1H3;1H. The predicted molar refractivity (Wildman–Crippen MR) is 91.1 cm³/mol. The smallest absolute Gasteiger partial charge is 0.242 e. The van der Waals surface area contributed by atoms with Crippen LogP contribution in [0, 0.1) is 6.92 Å². The zero-order chi connectivity index (χ0) is 14.1. The molecule has 3 rings (SSSR count). The maximum atomic E-state index is 12.4. The monoisotopic (exact) mass is 371 g/mol. The summed E-state index contributed by atoms with van der Waals surface area (Å²) in [7, 11) is 0. The minimum Gasteiger partial charge on any atom is -0.339 e. The molecule has 1 aromatic carbocycles. The lowest BCUT2D eigenvalue weighted by molar-refractivity contribution is -0.132. The van der Waals surface area contributed by atoms with Crippen LogP contribution in [0.2, 0.25) is 0 Å². The summed E-state index contributed by atoms with van der Waals surface area (Å²) in [5, 5.41) is 4.44. The van der Waals surface area contributed by atoms with Crippen molar-refractivity contribution in [3.8, 4) is 0 Å². The number of piperazine rings is 1. The summed E-state index contributed by atoms with van der Waals surface area (Å²) >= 11 is 3.63. The Kier molecular flexibility index (Phi) is 5.30. The highest BCUT2D eigenvalue weighted by molar-refractivity contribution is 9.10. The van der Waals surface area contributed by atoms with Gasteiger partial charge in [0, 0.05) is 47.2 Å². The van der Waals surface area contributed by atoms with Gasteiger partial charge in [0.1, 0.15) is 6.54 Å². The number of hydrogen-bond acceptors (Lipinski definition) is 2. The van der Waals surface area contributed by atoms with Crippen LogP contribution in [0.5, 0.6) is 0 Å². The molecule has 0 spiro atoms. The van der Waals surface area contributed by atoms with E-state index in [0.717, 1.165) is 47.2 Å². The summed E-state index contributed by atoms with van der Waals surface area (Å²) in [5.41, 5.74) is 2.22. The molecule has 1 N–H and O–H groups in total. The zero-order valence-electron chi connectivity index (χ0n) is 11.9. The molecule has 0 unspecified atom stereocenters. The first kappa shape index (κ1) is 16.3. The Morgan fingerprint density at radius 3 is 2.67 bits per heavy atom. The van der Waals surface area contributed by atoms with Crippen LogP contribution in [0.25, 0.3) is 10.9 Å². The lowest BCUT2D eigenvalue weighted by Gasteiger charge is -2.28. The Labute approximate surface area is 139 Å². The molecule has 4 nitrogen and oxygen atoms in total. The number of aromatic nitrogens is 1. The van der Waals surface area contributed by atoms with Crippen molar-refractivity contribution in [2.75, 3.05) is 26.2 Å². The molecule has 1 saturated heterocycles. The van der Waals surface area contributed by atoms with Crippen LogP contribution in [-0.2, 0) is 11.3 Å². The fourth-order valence-corrected chi connectivity index (χ4v) is 3.29. The summed E-state index contributed by atoms with van der Waals surface area (Å²) in [4.78, 5) is 14.4. The highest BCUT2D eigenvalue weighted by Gasteiger charge is 2.19. The molecule has 6 heteroatoms. The summed E-state index contributed by atoms with van der Waals surface area (Å²) in [5.74, 6) is 0.197. The first-order valence-corrected chi connectivity index (χ1v) is 7.69. The van der Waals surface area contributed by atoms with Crippen LogP contribution in [0.1, 0.15) is 5.69 Å². The van der Waals surface area contributed by atoms with Crippen LogP contribution >= 0.6 is 28.3 Å². The van der Waals surface area contributed by atoms with E-state index in [1.807, 2.05) is 17.0 Å². The van der Waals surface area contributed by atoms with Gasteiger partial charge in [-0.2, -0.15) is 0 Å². The number of carbonyl (C=O) groups excluding carboxylic acids is 1. The van der Waals surface area contributed by atoms with Gasteiger partial charge in [0.15, 0.2) is 0 Å². The van der Waals surface area contributed by atoms with Gasteiger partial charge >= 0.3 is 0 Å². The van der Waals surface area contributed by atoms with Crippen LogP contribution < -0.4 is 5.32 Å². The van der Waals surface area contributed by atoms with E-state index in [9.17, 15) is 4.79 Å². The average molecular weight is 373 g/mol. The minimum atomic E-state index is 0. The Morgan fingerprint density at radius 1 is 1.29 bits per heavy atom.